The van der Waals surface area contributed by atoms with Crippen LogP contribution in [-0.2, 0) is 7.05 Å². The Morgan fingerprint density at radius 3 is 2.67 bits per heavy atom. The Balaban J connectivity index is 2.36. The highest BCUT2D eigenvalue weighted by molar-refractivity contribution is 7.12. The number of hydrogen-bond acceptors (Lipinski definition) is 3. The first-order valence-electron chi connectivity index (χ1n) is 4.90. The Hall–Kier alpha value is -1.13. The molecule has 0 aliphatic rings. The highest BCUT2D eigenvalue weighted by Crippen LogP contribution is 2.28. The fraction of sp³-hybridized carbons (Fsp3) is 0.364. The maximum atomic E-state index is 6.19. The van der Waals surface area contributed by atoms with Crippen LogP contribution in [0.2, 0.25) is 0 Å². The molecule has 0 fully saturated rings. The molecule has 0 saturated carbocycles. The summed E-state index contributed by atoms with van der Waals surface area (Å²) >= 11 is 1.76. The van der Waals surface area contributed by atoms with E-state index in [-0.39, 0.29) is 6.04 Å². The summed E-state index contributed by atoms with van der Waals surface area (Å²) in [7, 11) is 1.92. The lowest BCUT2D eigenvalue weighted by atomic mass is 10.1. The van der Waals surface area contributed by atoms with Crippen LogP contribution in [0.15, 0.2) is 18.3 Å². The van der Waals surface area contributed by atoms with Crippen molar-refractivity contribution in [3.8, 4) is 0 Å². The van der Waals surface area contributed by atoms with E-state index in [4.69, 9.17) is 5.73 Å². The van der Waals surface area contributed by atoms with Gasteiger partial charge in [-0.3, -0.25) is 4.68 Å². The first-order chi connectivity index (χ1) is 7.09. The predicted molar refractivity (Wildman–Crippen MR) is 63.0 cm³/mol. The van der Waals surface area contributed by atoms with Gasteiger partial charge < -0.3 is 5.73 Å². The van der Waals surface area contributed by atoms with Crippen molar-refractivity contribution in [2.24, 2.45) is 12.8 Å². The van der Waals surface area contributed by atoms with Crippen LogP contribution in [0.4, 0.5) is 0 Å². The van der Waals surface area contributed by atoms with E-state index in [9.17, 15) is 0 Å². The third kappa shape index (κ3) is 1.82. The van der Waals surface area contributed by atoms with Crippen molar-refractivity contribution in [3.05, 3.63) is 39.3 Å². The maximum Gasteiger partial charge on any atom is 0.0816 e. The van der Waals surface area contributed by atoms with E-state index < -0.39 is 0 Å². The van der Waals surface area contributed by atoms with Crippen LogP contribution in [0.5, 0.6) is 0 Å². The molecule has 0 aromatic carbocycles. The van der Waals surface area contributed by atoms with Crippen molar-refractivity contribution in [1.29, 1.82) is 0 Å². The minimum absolute atomic E-state index is 0.0603. The summed E-state index contributed by atoms with van der Waals surface area (Å²) in [5.74, 6) is 0. The van der Waals surface area contributed by atoms with Gasteiger partial charge in [0, 0.05) is 23.0 Å². The van der Waals surface area contributed by atoms with E-state index in [0.29, 0.717) is 0 Å². The standard InChI is InChI=1S/C11H15N3S/c1-7-6-10(15-8(7)2)11(12)9-4-5-13-14(9)3/h4-6,11H,12H2,1-3H3. The zero-order chi connectivity index (χ0) is 11.0. The van der Waals surface area contributed by atoms with Gasteiger partial charge in [0.25, 0.3) is 0 Å². The molecule has 2 rings (SSSR count). The average molecular weight is 221 g/mol. The number of rotatable bonds is 2. The molecule has 0 bridgehead atoms. The van der Waals surface area contributed by atoms with Crippen molar-refractivity contribution in [2.45, 2.75) is 19.9 Å². The van der Waals surface area contributed by atoms with Gasteiger partial charge in [-0.1, -0.05) is 0 Å². The first kappa shape index (κ1) is 10.4. The molecular formula is C11H15N3S. The van der Waals surface area contributed by atoms with Gasteiger partial charge in [-0.2, -0.15) is 5.10 Å². The predicted octanol–water partition coefficient (Wildman–Crippen LogP) is 2.15. The van der Waals surface area contributed by atoms with Crippen LogP contribution in [0.25, 0.3) is 0 Å². The summed E-state index contributed by atoms with van der Waals surface area (Å²) in [6.45, 7) is 4.24. The second kappa shape index (κ2) is 3.79. The van der Waals surface area contributed by atoms with Crippen molar-refractivity contribution < 1.29 is 0 Å². The molecule has 15 heavy (non-hydrogen) atoms. The van der Waals surface area contributed by atoms with Gasteiger partial charge in [0.05, 0.1) is 11.7 Å². The molecule has 1 atom stereocenters. The van der Waals surface area contributed by atoms with Crippen molar-refractivity contribution >= 4 is 11.3 Å². The Labute approximate surface area is 93.5 Å². The third-order valence-electron chi connectivity index (χ3n) is 2.67. The van der Waals surface area contributed by atoms with Crippen LogP contribution in [-0.4, -0.2) is 9.78 Å². The molecule has 2 aromatic heterocycles. The second-order valence-corrected chi connectivity index (χ2v) is 5.03. The quantitative estimate of drug-likeness (QED) is 0.844. The van der Waals surface area contributed by atoms with Crippen molar-refractivity contribution in [3.63, 3.8) is 0 Å². The van der Waals surface area contributed by atoms with Crippen molar-refractivity contribution in [1.82, 2.24) is 9.78 Å². The molecule has 0 radical (unpaired) electrons. The lowest BCUT2D eigenvalue weighted by Crippen LogP contribution is -2.14. The molecule has 80 valence electrons. The van der Waals surface area contributed by atoms with Gasteiger partial charge in [-0.15, -0.1) is 11.3 Å². The van der Waals surface area contributed by atoms with Gasteiger partial charge in [-0.25, -0.2) is 0 Å². The van der Waals surface area contributed by atoms with Crippen LogP contribution in [0, 0.1) is 13.8 Å². The van der Waals surface area contributed by atoms with Gasteiger partial charge in [0.2, 0.25) is 0 Å². The fourth-order valence-electron chi connectivity index (χ4n) is 1.59. The molecular weight excluding hydrogens is 206 g/mol. The largest absolute Gasteiger partial charge is 0.318 e. The number of thiophene rings is 1. The average Bonchev–Trinajstić information content (AvgIpc) is 2.74. The van der Waals surface area contributed by atoms with E-state index >= 15 is 0 Å². The van der Waals surface area contributed by atoms with Crippen LogP contribution >= 0.6 is 11.3 Å². The van der Waals surface area contributed by atoms with Crippen molar-refractivity contribution in [2.75, 3.05) is 0 Å². The summed E-state index contributed by atoms with van der Waals surface area (Å²) in [6, 6.07) is 4.07. The molecule has 0 spiro atoms. The van der Waals surface area contributed by atoms with Gasteiger partial charge in [-0.05, 0) is 31.5 Å². The van der Waals surface area contributed by atoms with E-state index in [1.54, 1.807) is 17.5 Å². The Morgan fingerprint density at radius 2 is 2.20 bits per heavy atom. The zero-order valence-electron chi connectivity index (χ0n) is 9.19. The van der Waals surface area contributed by atoms with Gasteiger partial charge in [0.1, 0.15) is 0 Å². The number of nitrogens with zero attached hydrogens (tertiary/aromatic N) is 2. The molecule has 1 unspecified atom stereocenters. The second-order valence-electron chi connectivity index (χ2n) is 3.75. The number of aryl methyl sites for hydroxylation is 3. The normalized spacial score (nSPS) is 13.1. The summed E-state index contributed by atoms with van der Waals surface area (Å²) in [6.07, 6.45) is 1.78. The summed E-state index contributed by atoms with van der Waals surface area (Å²) in [5, 5.41) is 4.13. The fourth-order valence-corrected chi connectivity index (χ4v) is 2.65. The molecule has 4 heteroatoms. The first-order valence-corrected chi connectivity index (χ1v) is 5.71. The summed E-state index contributed by atoms with van der Waals surface area (Å²) < 4.78 is 1.83. The van der Waals surface area contributed by atoms with E-state index in [1.165, 1.54) is 15.3 Å². The molecule has 0 saturated heterocycles. The Bertz CT molecular complexity index is 450. The topological polar surface area (TPSA) is 43.8 Å². The van der Waals surface area contributed by atoms with Crippen LogP contribution < -0.4 is 5.73 Å². The number of aromatic nitrogens is 2. The highest BCUT2D eigenvalue weighted by Gasteiger charge is 2.15. The zero-order valence-corrected chi connectivity index (χ0v) is 10.0. The SMILES string of the molecule is Cc1cc(C(N)c2ccnn2C)sc1C. The minimum atomic E-state index is -0.0603. The highest BCUT2D eigenvalue weighted by atomic mass is 32.1. The molecule has 2 heterocycles. The Kier molecular flexibility index (Phi) is 2.63. The van der Waals surface area contributed by atoms with Crippen LogP contribution in [0.1, 0.15) is 27.1 Å². The molecule has 0 aliphatic carbocycles. The molecule has 3 nitrogen and oxygen atoms in total. The van der Waals surface area contributed by atoms with E-state index in [0.717, 1.165) is 5.69 Å². The Morgan fingerprint density at radius 1 is 1.47 bits per heavy atom. The summed E-state index contributed by atoms with van der Waals surface area (Å²) in [4.78, 5) is 2.54. The number of hydrogen-bond donors (Lipinski definition) is 1. The third-order valence-corrected chi connectivity index (χ3v) is 3.90. The molecule has 0 aliphatic heterocycles. The molecule has 0 amide bonds. The van der Waals surface area contributed by atoms with Gasteiger partial charge in [0.15, 0.2) is 0 Å². The summed E-state index contributed by atoms with van der Waals surface area (Å²) in [5.41, 5.74) is 8.56. The number of nitrogens with two attached hydrogens (primary N) is 1. The smallest absolute Gasteiger partial charge is 0.0816 e. The van der Waals surface area contributed by atoms with Gasteiger partial charge >= 0.3 is 0 Å². The lowest BCUT2D eigenvalue weighted by Gasteiger charge is -2.09. The van der Waals surface area contributed by atoms with E-state index in [2.05, 4.69) is 25.0 Å². The van der Waals surface area contributed by atoms with Crippen LogP contribution in [0.3, 0.4) is 0 Å². The molecule has 2 N–H and O–H groups in total. The monoisotopic (exact) mass is 221 g/mol. The minimum Gasteiger partial charge on any atom is -0.318 e. The van der Waals surface area contributed by atoms with E-state index in [1.807, 2.05) is 17.8 Å². The maximum absolute atomic E-state index is 6.19. The molecule has 2 aromatic rings. The lowest BCUT2D eigenvalue weighted by molar-refractivity contribution is 0.678.